The minimum atomic E-state index is 0.0733. The Bertz CT molecular complexity index is 652. The molecule has 2 aromatic carbocycles. The fourth-order valence-corrected chi connectivity index (χ4v) is 2.94. The van der Waals surface area contributed by atoms with E-state index in [1.807, 2.05) is 32.9 Å². The second-order valence-electron chi connectivity index (χ2n) is 5.11. The highest BCUT2D eigenvalue weighted by atomic mass is 35.5. The van der Waals surface area contributed by atoms with E-state index in [9.17, 15) is 4.79 Å². The van der Waals surface area contributed by atoms with Crippen molar-refractivity contribution in [2.75, 3.05) is 0 Å². The van der Waals surface area contributed by atoms with Crippen LogP contribution in [-0.2, 0) is 6.42 Å². The van der Waals surface area contributed by atoms with Crippen LogP contribution in [0.15, 0.2) is 30.3 Å². The Labute approximate surface area is 129 Å². The molecule has 0 radical (unpaired) electrons. The van der Waals surface area contributed by atoms with Crippen LogP contribution < -0.4 is 0 Å². The van der Waals surface area contributed by atoms with Gasteiger partial charge in [0.15, 0.2) is 5.78 Å². The maximum atomic E-state index is 12.5. The molecule has 3 heteroatoms. The van der Waals surface area contributed by atoms with Gasteiger partial charge in [-0.15, -0.1) is 0 Å². The smallest absolute Gasteiger partial charge is 0.167 e. The molecule has 2 aromatic rings. The van der Waals surface area contributed by atoms with Crippen molar-refractivity contribution in [3.63, 3.8) is 0 Å². The molecule has 0 spiro atoms. The third kappa shape index (κ3) is 3.23. The van der Waals surface area contributed by atoms with Gasteiger partial charge in [0.2, 0.25) is 0 Å². The van der Waals surface area contributed by atoms with Gasteiger partial charge in [-0.05, 0) is 55.7 Å². The maximum absolute atomic E-state index is 12.5. The highest BCUT2D eigenvalue weighted by molar-refractivity contribution is 6.33. The zero-order valence-corrected chi connectivity index (χ0v) is 13.3. The predicted octanol–water partition coefficient (Wildman–Crippen LogP) is 5.34. The second kappa shape index (κ2) is 5.99. The van der Waals surface area contributed by atoms with Crippen LogP contribution in [0.3, 0.4) is 0 Å². The van der Waals surface area contributed by atoms with E-state index in [2.05, 4.69) is 0 Å². The lowest BCUT2D eigenvalue weighted by Gasteiger charge is -2.11. The Morgan fingerprint density at radius 3 is 2.20 bits per heavy atom. The first kappa shape index (κ1) is 15.1. The number of carbonyl (C=O) groups is 1. The van der Waals surface area contributed by atoms with E-state index < -0.39 is 0 Å². The van der Waals surface area contributed by atoms with Gasteiger partial charge in [-0.25, -0.2) is 0 Å². The van der Waals surface area contributed by atoms with E-state index in [4.69, 9.17) is 23.2 Å². The lowest BCUT2D eigenvalue weighted by molar-refractivity contribution is 0.0992. The number of Topliss-reactive ketones (excluding diaryl/α,β-unsaturated/α-hetero) is 1. The molecule has 0 unspecified atom stereocenters. The lowest BCUT2D eigenvalue weighted by atomic mass is 9.93. The van der Waals surface area contributed by atoms with Crippen molar-refractivity contribution in [1.29, 1.82) is 0 Å². The Morgan fingerprint density at radius 2 is 1.60 bits per heavy atom. The molecule has 0 N–H and O–H groups in total. The van der Waals surface area contributed by atoms with Crippen LogP contribution in [0.4, 0.5) is 0 Å². The first-order chi connectivity index (χ1) is 9.38. The van der Waals surface area contributed by atoms with Gasteiger partial charge in [0.05, 0.1) is 0 Å². The Morgan fingerprint density at radius 1 is 1.00 bits per heavy atom. The van der Waals surface area contributed by atoms with Crippen LogP contribution in [0.25, 0.3) is 0 Å². The molecule has 0 bridgehead atoms. The monoisotopic (exact) mass is 306 g/mol. The number of hydrogen-bond donors (Lipinski definition) is 0. The summed E-state index contributed by atoms with van der Waals surface area (Å²) in [4.78, 5) is 12.5. The number of ketones is 1. The van der Waals surface area contributed by atoms with Crippen LogP contribution in [0.1, 0.15) is 32.6 Å². The van der Waals surface area contributed by atoms with Crippen LogP contribution in [0, 0.1) is 20.8 Å². The first-order valence-corrected chi connectivity index (χ1v) is 7.19. The van der Waals surface area contributed by atoms with Crippen molar-refractivity contribution < 1.29 is 4.79 Å². The molecule has 2 rings (SSSR count). The Kier molecular flexibility index (Phi) is 4.52. The molecule has 0 aliphatic carbocycles. The number of halogens is 2. The lowest BCUT2D eigenvalue weighted by Crippen LogP contribution is -2.08. The largest absolute Gasteiger partial charge is 0.294 e. The van der Waals surface area contributed by atoms with Crippen LogP contribution in [0.5, 0.6) is 0 Å². The van der Waals surface area contributed by atoms with Gasteiger partial charge in [-0.1, -0.05) is 40.9 Å². The predicted molar refractivity (Wildman–Crippen MR) is 85.1 cm³/mol. The molecule has 1 nitrogen and oxygen atoms in total. The highest BCUT2D eigenvalue weighted by Gasteiger charge is 2.15. The van der Waals surface area contributed by atoms with Crippen molar-refractivity contribution >= 4 is 29.0 Å². The second-order valence-corrected chi connectivity index (χ2v) is 5.95. The molecule has 0 aliphatic heterocycles. The summed E-state index contributed by atoms with van der Waals surface area (Å²) in [7, 11) is 0. The first-order valence-electron chi connectivity index (χ1n) is 6.43. The van der Waals surface area contributed by atoms with Crippen molar-refractivity contribution in [2.24, 2.45) is 0 Å². The summed E-state index contributed by atoms with van der Waals surface area (Å²) in [5, 5.41) is 1.17. The molecule has 104 valence electrons. The summed E-state index contributed by atoms with van der Waals surface area (Å²) >= 11 is 12.1. The molecule has 0 amide bonds. The zero-order chi connectivity index (χ0) is 14.9. The maximum Gasteiger partial charge on any atom is 0.167 e. The molecule has 0 fully saturated rings. The molecule has 0 atom stereocenters. The van der Waals surface area contributed by atoms with Crippen LogP contribution in [0.2, 0.25) is 10.0 Å². The normalized spacial score (nSPS) is 10.7. The van der Waals surface area contributed by atoms with Crippen molar-refractivity contribution in [3.05, 3.63) is 68.2 Å². The van der Waals surface area contributed by atoms with Gasteiger partial charge in [-0.2, -0.15) is 0 Å². The van der Waals surface area contributed by atoms with Crippen LogP contribution in [-0.4, -0.2) is 5.78 Å². The van der Waals surface area contributed by atoms with E-state index in [0.717, 1.165) is 27.8 Å². The Hall–Kier alpha value is -1.31. The van der Waals surface area contributed by atoms with Crippen LogP contribution >= 0.6 is 23.2 Å². The van der Waals surface area contributed by atoms with Crippen molar-refractivity contribution in [2.45, 2.75) is 27.2 Å². The van der Waals surface area contributed by atoms with Gasteiger partial charge in [0.25, 0.3) is 0 Å². The number of hydrogen-bond acceptors (Lipinski definition) is 1. The number of rotatable bonds is 3. The average molecular weight is 307 g/mol. The van der Waals surface area contributed by atoms with Gasteiger partial charge in [0.1, 0.15) is 0 Å². The van der Waals surface area contributed by atoms with E-state index in [-0.39, 0.29) is 12.2 Å². The van der Waals surface area contributed by atoms with E-state index in [1.165, 1.54) is 0 Å². The standard InChI is InChI=1S/C17H16Cl2O/c1-10-6-11(2)17(12(3)7-10)16(20)9-13-8-14(18)4-5-15(13)19/h4-8H,9H2,1-3H3. The fourth-order valence-electron chi connectivity index (χ4n) is 2.56. The minimum absolute atomic E-state index is 0.0733. The minimum Gasteiger partial charge on any atom is -0.294 e. The van der Waals surface area contributed by atoms with Gasteiger partial charge >= 0.3 is 0 Å². The summed E-state index contributed by atoms with van der Waals surface area (Å²) in [6, 6.07) is 9.25. The highest BCUT2D eigenvalue weighted by Crippen LogP contribution is 2.24. The molecule has 0 heterocycles. The Balaban J connectivity index is 2.36. The quantitative estimate of drug-likeness (QED) is 0.699. The van der Waals surface area contributed by atoms with E-state index in [0.29, 0.717) is 10.0 Å². The third-order valence-electron chi connectivity index (χ3n) is 3.31. The molecular formula is C17H16Cl2O. The van der Waals surface area contributed by atoms with Gasteiger partial charge in [0, 0.05) is 22.0 Å². The molecule has 0 saturated heterocycles. The van der Waals surface area contributed by atoms with Gasteiger partial charge in [-0.3, -0.25) is 4.79 Å². The summed E-state index contributed by atoms with van der Waals surface area (Å²) in [6.45, 7) is 5.96. The van der Waals surface area contributed by atoms with E-state index >= 15 is 0 Å². The average Bonchev–Trinajstić information content (AvgIpc) is 2.32. The SMILES string of the molecule is Cc1cc(C)c(C(=O)Cc2cc(Cl)ccc2Cl)c(C)c1. The van der Waals surface area contributed by atoms with E-state index in [1.54, 1.807) is 18.2 Å². The zero-order valence-electron chi connectivity index (χ0n) is 11.8. The molecule has 0 saturated carbocycles. The summed E-state index contributed by atoms with van der Waals surface area (Å²) in [6.07, 6.45) is 0.268. The number of aryl methyl sites for hydroxylation is 3. The molecule has 20 heavy (non-hydrogen) atoms. The topological polar surface area (TPSA) is 17.1 Å². The summed E-state index contributed by atoms with van der Waals surface area (Å²) in [5.41, 5.74) is 4.73. The molecule has 0 aliphatic rings. The third-order valence-corrected chi connectivity index (χ3v) is 3.92. The van der Waals surface area contributed by atoms with Gasteiger partial charge < -0.3 is 0 Å². The van der Waals surface area contributed by atoms with Crippen molar-refractivity contribution in [1.82, 2.24) is 0 Å². The molecular weight excluding hydrogens is 291 g/mol. The number of carbonyl (C=O) groups excluding carboxylic acids is 1. The molecule has 0 aromatic heterocycles. The number of benzene rings is 2. The summed E-state index contributed by atoms with van der Waals surface area (Å²) < 4.78 is 0. The fraction of sp³-hybridized carbons (Fsp3) is 0.235. The summed E-state index contributed by atoms with van der Waals surface area (Å²) in [5.74, 6) is 0.0733. The van der Waals surface area contributed by atoms with Crippen molar-refractivity contribution in [3.8, 4) is 0 Å².